The normalized spacial score (nSPS) is 18.5. The maximum Gasteiger partial charge on any atom is 0.238 e. The molecule has 0 aromatic heterocycles. The lowest BCUT2D eigenvalue weighted by Gasteiger charge is -2.25. The van der Waals surface area contributed by atoms with E-state index in [1.54, 1.807) is 16.7 Å². The summed E-state index contributed by atoms with van der Waals surface area (Å²) in [6.07, 6.45) is 0. The van der Waals surface area contributed by atoms with Gasteiger partial charge in [-0.15, -0.1) is 11.8 Å². The minimum Gasteiger partial charge on any atom is -0.454 e. The van der Waals surface area contributed by atoms with Gasteiger partial charge in [-0.3, -0.25) is 14.5 Å². The predicted octanol–water partition coefficient (Wildman–Crippen LogP) is 3.15. The van der Waals surface area contributed by atoms with Gasteiger partial charge < -0.3 is 14.8 Å². The molecule has 2 amide bonds. The Kier molecular flexibility index (Phi) is 4.01. The zero-order valence-corrected chi connectivity index (χ0v) is 14.3. The number of nitrogens with one attached hydrogen (secondary N) is 1. The van der Waals surface area contributed by atoms with Gasteiger partial charge in [0.1, 0.15) is 5.37 Å². The number of anilines is 2. The maximum atomic E-state index is 12.5. The Morgan fingerprint density at radius 1 is 1.20 bits per heavy atom. The van der Waals surface area contributed by atoms with E-state index in [4.69, 9.17) is 9.47 Å². The number of carbonyl (C=O) groups is 2. The molecule has 2 heterocycles. The van der Waals surface area contributed by atoms with Gasteiger partial charge in [0.15, 0.2) is 11.5 Å². The lowest BCUT2D eigenvalue weighted by molar-refractivity contribution is -0.116. The summed E-state index contributed by atoms with van der Waals surface area (Å²) >= 11 is 1.56. The van der Waals surface area contributed by atoms with Gasteiger partial charge in [-0.1, -0.05) is 12.1 Å². The minimum absolute atomic E-state index is 0.0406. The first-order chi connectivity index (χ1) is 12.1. The van der Waals surface area contributed by atoms with Gasteiger partial charge in [0, 0.05) is 24.4 Å². The minimum atomic E-state index is -0.151. The van der Waals surface area contributed by atoms with E-state index in [9.17, 15) is 9.59 Å². The molecule has 4 rings (SSSR count). The third kappa shape index (κ3) is 3.02. The van der Waals surface area contributed by atoms with E-state index in [0.29, 0.717) is 17.3 Å². The van der Waals surface area contributed by atoms with Crippen molar-refractivity contribution in [3.63, 3.8) is 0 Å². The van der Waals surface area contributed by atoms with Crippen LogP contribution in [0.5, 0.6) is 11.5 Å². The standard InChI is InChI=1S/C18H16N2O4S/c1-11(21)19-13-4-2-3-12(7-13)18-20(17(22)9-25-18)14-5-6-15-16(8-14)24-10-23-15/h2-8,18H,9-10H2,1H3,(H,19,21)/t18-/m1/s1. The van der Waals surface area contributed by atoms with Gasteiger partial charge in [0.2, 0.25) is 18.6 Å². The van der Waals surface area contributed by atoms with Crippen molar-refractivity contribution in [3.05, 3.63) is 48.0 Å². The highest BCUT2D eigenvalue weighted by Gasteiger charge is 2.35. The Bertz CT molecular complexity index is 855. The molecule has 1 fully saturated rings. The second-order valence-electron chi connectivity index (χ2n) is 5.77. The van der Waals surface area contributed by atoms with Gasteiger partial charge in [-0.25, -0.2) is 0 Å². The Morgan fingerprint density at radius 3 is 2.88 bits per heavy atom. The summed E-state index contributed by atoms with van der Waals surface area (Å²) in [7, 11) is 0. The van der Waals surface area contributed by atoms with Crippen molar-refractivity contribution in [1.82, 2.24) is 0 Å². The molecule has 2 aromatic rings. The number of amides is 2. The summed E-state index contributed by atoms with van der Waals surface area (Å²) in [6.45, 7) is 1.67. The Balaban J connectivity index is 1.67. The molecule has 25 heavy (non-hydrogen) atoms. The topological polar surface area (TPSA) is 67.9 Å². The number of benzene rings is 2. The van der Waals surface area contributed by atoms with Gasteiger partial charge in [0.05, 0.1) is 5.75 Å². The van der Waals surface area contributed by atoms with Gasteiger partial charge >= 0.3 is 0 Å². The summed E-state index contributed by atoms with van der Waals surface area (Å²) in [5, 5.41) is 2.63. The number of thioether (sulfide) groups is 1. The molecular weight excluding hydrogens is 340 g/mol. The van der Waals surface area contributed by atoms with Crippen LogP contribution in [0, 0.1) is 0 Å². The molecule has 0 spiro atoms. The van der Waals surface area contributed by atoms with Crippen LogP contribution in [0.25, 0.3) is 0 Å². The smallest absolute Gasteiger partial charge is 0.238 e. The van der Waals surface area contributed by atoms with Gasteiger partial charge in [-0.05, 0) is 29.8 Å². The zero-order valence-electron chi connectivity index (χ0n) is 13.5. The van der Waals surface area contributed by atoms with Crippen molar-refractivity contribution in [2.24, 2.45) is 0 Å². The number of carbonyl (C=O) groups excluding carboxylic acids is 2. The van der Waals surface area contributed by atoms with Gasteiger partial charge in [-0.2, -0.15) is 0 Å². The van der Waals surface area contributed by atoms with E-state index in [0.717, 1.165) is 16.9 Å². The van der Waals surface area contributed by atoms with E-state index in [-0.39, 0.29) is 24.0 Å². The van der Waals surface area contributed by atoms with E-state index in [2.05, 4.69) is 5.32 Å². The van der Waals surface area contributed by atoms with E-state index < -0.39 is 0 Å². The molecule has 2 aliphatic heterocycles. The van der Waals surface area contributed by atoms with Crippen LogP contribution >= 0.6 is 11.8 Å². The Hall–Kier alpha value is -2.67. The van der Waals surface area contributed by atoms with Crippen LogP contribution in [0.4, 0.5) is 11.4 Å². The van der Waals surface area contributed by atoms with Crippen molar-refractivity contribution in [1.29, 1.82) is 0 Å². The molecular formula is C18H16N2O4S. The summed E-state index contributed by atoms with van der Waals surface area (Å²) in [4.78, 5) is 25.5. The summed E-state index contributed by atoms with van der Waals surface area (Å²) in [5.41, 5.74) is 2.45. The maximum absolute atomic E-state index is 12.5. The van der Waals surface area contributed by atoms with Crippen molar-refractivity contribution in [2.45, 2.75) is 12.3 Å². The second kappa shape index (κ2) is 6.33. The third-order valence-corrected chi connectivity index (χ3v) is 5.21. The summed E-state index contributed by atoms with van der Waals surface area (Å²) in [6, 6.07) is 13.1. The van der Waals surface area contributed by atoms with Crippen molar-refractivity contribution >= 4 is 35.0 Å². The molecule has 0 aliphatic carbocycles. The quantitative estimate of drug-likeness (QED) is 0.915. The highest BCUT2D eigenvalue weighted by Crippen LogP contribution is 2.44. The fourth-order valence-electron chi connectivity index (χ4n) is 2.96. The third-order valence-electron chi connectivity index (χ3n) is 3.99. The average molecular weight is 356 g/mol. The molecule has 6 nitrogen and oxygen atoms in total. The largest absolute Gasteiger partial charge is 0.454 e. The predicted molar refractivity (Wildman–Crippen MR) is 96.0 cm³/mol. The first kappa shape index (κ1) is 15.8. The fourth-order valence-corrected chi connectivity index (χ4v) is 4.13. The molecule has 2 aliphatic rings. The molecule has 1 atom stereocenters. The molecule has 7 heteroatoms. The van der Waals surface area contributed by atoms with Crippen molar-refractivity contribution < 1.29 is 19.1 Å². The van der Waals surface area contributed by atoms with Crippen LogP contribution in [-0.2, 0) is 9.59 Å². The van der Waals surface area contributed by atoms with E-state index in [1.165, 1.54) is 6.92 Å². The Morgan fingerprint density at radius 2 is 2.04 bits per heavy atom. The van der Waals surface area contributed by atoms with Crippen LogP contribution in [0.2, 0.25) is 0 Å². The zero-order chi connectivity index (χ0) is 17.4. The highest BCUT2D eigenvalue weighted by molar-refractivity contribution is 8.00. The van der Waals surface area contributed by atoms with Crippen LogP contribution in [-0.4, -0.2) is 24.4 Å². The second-order valence-corrected chi connectivity index (χ2v) is 6.84. The number of hydrogen-bond donors (Lipinski definition) is 1. The lowest BCUT2D eigenvalue weighted by Crippen LogP contribution is -2.27. The van der Waals surface area contributed by atoms with Crippen LogP contribution in [0.15, 0.2) is 42.5 Å². The molecule has 0 radical (unpaired) electrons. The van der Waals surface area contributed by atoms with Gasteiger partial charge in [0.25, 0.3) is 0 Å². The number of nitrogens with zero attached hydrogens (tertiary/aromatic N) is 1. The number of hydrogen-bond acceptors (Lipinski definition) is 5. The van der Waals surface area contributed by atoms with E-state index in [1.807, 2.05) is 42.5 Å². The molecule has 2 aromatic carbocycles. The monoisotopic (exact) mass is 356 g/mol. The molecule has 0 saturated carbocycles. The molecule has 1 N–H and O–H groups in total. The van der Waals surface area contributed by atoms with Crippen molar-refractivity contribution in [2.75, 3.05) is 22.8 Å². The number of rotatable bonds is 3. The molecule has 1 saturated heterocycles. The number of fused-ring (bicyclic) bond motifs is 1. The molecule has 0 bridgehead atoms. The molecule has 0 unspecified atom stereocenters. The first-order valence-corrected chi connectivity index (χ1v) is 8.87. The number of ether oxygens (including phenoxy) is 2. The van der Waals surface area contributed by atoms with Crippen LogP contribution in [0.1, 0.15) is 17.9 Å². The van der Waals surface area contributed by atoms with Crippen molar-refractivity contribution in [3.8, 4) is 11.5 Å². The SMILES string of the molecule is CC(=O)Nc1cccc([C@H]2SCC(=O)N2c2ccc3c(c2)OCO3)c1. The summed E-state index contributed by atoms with van der Waals surface area (Å²) in [5.74, 6) is 1.66. The van der Waals surface area contributed by atoms with E-state index >= 15 is 0 Å². The fraction of sp³-hybridized carbons (Fsp3) is 0.222. The summed E-state index contributed by atoms with van der Waals surface area (Å²) < 4.78 is 10.8. The first-order valence-electron chi connectivity index (χ1n) is 7.83. The molecule has 128 valence electrons. The Labute approximate surface area is 149 Å². The average Bonchev–Trinajstić information content (AvgIpc) is 3.20. The van der Waals surface area contributed by atoms with Crippen LogP contribution in [0.3, 0.4) is 0 Å². The van der Waals surface area contributed by atoms with Crippen LogP contribution < -0.4 is 19.7 Å². The lowest BCUT2D eigenvalue weighted by atomic mass is 10.1. The highest BCUT2D eigenvalue weighted by atomic mass is 32.2.